The van der Waals surface area contributed by atoms with Crippen molar-refractivity contribution < 1.29 is 13.2 Å². The lowest BCUT2D eigenvalue weighted by Gasteiger charge is -2.46. The molecule has 96 heavy (non-hydrogen) atoms. The molecule has 0 radical (unpaired) electrons. The fourth-order valence-electron chi connectivity index (χ4n) is 15.3. The summed E-state index contributed by atoms with van der Waals surface area (Å²) in [7, 11) is 0. The zero-order valence-corrected chi connectivity index (χ0v) is 52.6. The third-order valence-corrected chi connectivity index (χ3v) is 20.4. The van der Waals surface area contributed by atoms with Gasteiger partial charge >= 0.3 is 6.18 Å². The van der Waals surface area contributed by atoms with Gasteiger partial charge in [-0.15, -0.1) is 0 Å². The van der Waals surface area contributed by atoms with Gasteiger partial charge in [0.15, 0.2) is 0 Å². The molecule has 4 heterocycles. The van der Waals surface area contributed by atoms with E-state index in [0.717, 1.165) is 128 Å². The summed E-state index contributed by atoms with van der Waals surface area (Å²) in [5.41, 5.74) is 22.4. The molecule has 0 spiro atoms. The molecular weight excluding hydrogens is 1200 g/mol. The first kappa shape index (κ1) is 57.0. The number of anilines is 15. The molecule has 454 valence electrons. The van der Waals surface area contributed by atoms with Crippen LogP contribution in [0.3, 0.4) is 0 Å². The van der Waals surface area contributed by atoms with Crippen LogP contribution in [-0.4, -0.2) is 13.4 Å². The lowest BCUT2D eigenvalue weighted by Crippen LogP contribution is -2.64. The fraction of sp³-hybridized carbons (Fsp3) is 0.0118. The van der Waals surface area contributed by atoms with Gasteiger partial charge in [0.05, 0.1) is 28.3 Å². The van der Waals surface area contributed by atoms with Crippen molar-refractivity contribution in [3.63, 3.8) is 0 Å². The molecular formula is C85H56B2F3N5S. The second-order valence-corrected chi connectivity index (χ2v) is 25.7. The summed E-state index contributed by atoms with van der Waals surface area (Å²) in [4.78, 5) is 13.4. The third kappa shape index (κ3) is 9.36. The molecule has 4 aliphatic heterocycles. The smallest absolute Gasteiger partial charge is 0.311 e. The molecule has 14 aromatic carbocycles. The van der Waals surface area contributed by atoms with Crippen molar-refractivity contribution >= 4 is 143 Å². The normalized spacial score (nSPS) is 13.0. The highest BCUT2D eigenvalue weighted by molar-refractivity contribution is 8.00. The maximum absolute atomic E-state index is 16.5. The van der Waals surface area contributed by atoms with Crippen LogP contribution in [0.1, 0.15) is 5.56 Å². The van der Waals surface area contributed by atoms with E-state index in [-0.39, 0.29) is 12.4 Å². The Morgan fingerprint density at radius 2 is 0.708 bits per heavy atom. The van der Waals surface area contributed by atoms with Crippen LogP contribution in [0.2, 0.25) is 0 Å². The molecule has 4 aliphatic rings. The Kier molecular flexibility index (Phi) is 13.7. The number of halogens is 3. The number of hydrogen-bond donors (Lipinski definition) is 0. The van der Waals surface area contributed by atoms with Gasteiger partial charge in [-0.1, -0.05) is 242 Å². The molecule has 0 aromatic heterocycles. The maximum Gasteiger partial charge on any atom is 0.418 e. The summed E-state index contributed by atoms with van der Waals surface area (Å²) in [5.74, 6) is 0. The molecule has 18 rings (SSSR count). The quantitative estimate of drug-likeness (QED) is 0.119. The molecule has 5 nitrogen and oxygen atoms in total. The number of rotatable bonds is 11. The van der Waals surface area contributed by atoms with Crippen LogP contribution in [0.4, 0.5) is 98.5 Å². The first-order valence-corrected chi connectivity index (χ1v) is 33.2. The van der Waals surface area contributed by atoms with E-state index >= 15 is 13.2 Å². The SMILES string of the molecule is FC(F)(F)c1ccccc1N1c2cc3c(cc2B2c4ccccc4N(c4ccccc4-c4ccccc4)c4cc(N(c5ccccc5)c5ccccc5-c5ccccc5)cc1c42)B1c2ccccc2N(c2ccccc2)c2cc(N(c4ccccc4)c4ccccc4)cc(c21)S3. The minimum absolute atomic E-state index is 0.0312. The average Bonchev–Trinajstić information content (AvgIpc) is 0.691. The van der Waals surface area contributed by atoms with E-state index < -0.39 is 18.5 Å². The summed E-state index contributed by atoms with van der Waals surface area (Å²) < 4.78 is 49.5. The van der Waals surface area contributed by atoms with Crippen LogP contribution in [0.15, 0.2) is 350 Å². The number of benzene rings is 14. The van der Waals surface area contributed by atoms with Crippen LogP contribution in [-0.2, 0) is 6.18 Å². The highest BCUT2D eigenvalue weighted by Gasteiger charge is 2.49. The lowest BCUT2D eigenvalue weighted by molar-refractivity contribution is -0.137. The van der Waals surface area contributed by atoms with E-state index in [0.29, 0.717) is 11.4 Å². The van der Waals surface area contributed by atoms with E-state index in [2.05, 4.69) is 293 Å². The maximum atomic E-state index is 16.5. The van der Waals surface area contributed by atoms with Crippen LogP contribution in [0.5, 0.6) is 0 Å². The molecule has 0 unspecified atom stereocenters. The number of fused-ring (bicyclic) bond motifs is 8. The van der Waals surface area contributed by atoms with Crippen molar-refractivity contribution in [3.8, 4) is 22.3 Å². The molecule has 0 saturated carbocycles. The summed E-state index contributed by atoms with van der Waals surface area (Å²) in [6.07, 6.45) is -4.74. The van der Waals surface area contributed by atoms with Crippen molar-refractivity contribution in [2.24, 2.45) is 0 Å². The molecule has 0 aliphatic carbocycles. The van der Waals surface area contributed by atoms with Gasteiger partial charge in [-0.25, -0.2) is 0 Å². The Labute approximate surface area is 561 Å². The highest BCUT2D eigenvalue weighted by Crippen LogP contribution is 2.54. The second kappa shape index (κ2) is 23.1. The number of nitrogens with zero attached hydrogens (tertiary/aromatic N) is 5. The van der Waals surface area contributed by atoms with E-state index in [1.807, 2.05) is 47.4 Å². The average molecular weight is 1260 g/mol. The van der Waals surface area contributed by atoms with Gasteiger partial charge < -0.3 is 24.5 Å². The highest BCUT2D eigenvalue weighted by atomic mass is 32.2. The predicted molar refractivity (Wildman–Crippen MR) is 396 cm³/mol. The minimum atomic E-state index is -4.74. The van der Waals surface area contributed by atoms with Gasteiger partial charge in [0.2, 0.25) is 6.71 Å². The van der Waals surface area contributed by atoms with E-state index in [1.165, 1.54) is 17.6 Å². The predicted octanol–water partition coefficient (Wildman–Crippen LogP) is 19.8. The second-order valence-electron chi connectivity index (χ2n) is 24.6. The Bertz CT molecular complexity index is 5280. The summed E-state index contributed by atoms with van der Waals surface area (Å²) >= 11 is 1.70. The van der Waals surface area contributed by atoms with Crippen LogP contribution in [0.25, 0.3) is 22.3 Å². The third-order valence-electron chi connectivity index (χ3n) is 19.2. The molecule has 14 aromatic rings. The van der Waals surface area contributed by atoms with E-state index in [9.17, 15) is 0 Å². The van der Waals surface area contributed by atoms with Gasteiger partial charge in [-0.05, 0) is 154 Å². The number of alkyl halides is 3. The van der Waals surface area contributed by atoms with Crippen molar-refractivity contribution in [2.75, 3.05) is 24.5 Å². The largest absolute Gasteiger partial charge is 0.418 e. The minimum Gasteiger partial charge on any atom is -0.311 e. The zero-order chi connectivity index (χ0) is 64.0. The molecule has 0 N–H and O–H groups in total. The lowest BCUT2D eigenvalue weighted by atomic mass is 9.31. The monoisotopic (exact) mass is 1260 g/mol. The van der Waals surface area contributed by atoms with Crippen LogP contribution in [0, 0.1) is 0 Å². The Morgan fingerprint density at radius 3 is 1.30 bits per heavy atom. The fourth-order valence-corrected chi connectivity index (χ4v) is 16.5. The molecule has 0 saturated heterocycles. The van der Waals surface area contributed by atoms with E-state index in [4.69, 9.17) is 0 Å². The number of hydrogen-bond acceptors (Lipinski definition) is 6. The summed E-state index contributed by atoms with van der Waals surface area (Å²) in [6.45, 7) is -0.741. The van der Waals surface area contributed by atoms with Crippen LogP contribution < -0.4 is 57.3 Å². The van der Waals surface area contributed by atoms with Gasteiger partial charge in [0.25, 0.3) is 6.71 Å². The van der Waals surface area contributed by atoms with Crippen LogP contribution >= 0.6 is 11.8 Å². The Hall–Kier alpha value is -11.7. The molecule has 11 heteroatoms. The van der Waals surface area contributed by atoms with Gasteiger partial charge in [0.1, 0.15) is 0 Å². The Morgan fingerprint density at radius 1 is 0.281 bits per heavy atom. The first-order valence-electron chi connectivity index (χ1n) is 32.4. The van der Waals surface area contributed by atoms with Gasteiger partial charge in [0, 0.05) is 83.5 Å². The van der Waals surface area contributed by atoms with Crippen molar-refractivity contribution in [3.05, 3.63) is 345 Å². The van der Waals surface area contributed by atoms with Gasteiger partial charge in [-0.2, -0.15) is 13.2 Å². The molecule has 0 amide bonds. The van der Waals surface area contributed by atoms with Crippen molar-refractivity contribution in [1.29, 1.82) is 0 Å². The summed E-state index contributed by atoms with van der Waals surface area (Å²) in [6, 6.07) is 117. The first-order chi connectivity index (χ1) is 47.3. The topological polar surface area (TPSA) is 16.2 Å². The molecule has 0 atom stereocenters. The van der Waals surface area contributed by atoms with Gasteiger partial charge in [-0.3, -0.25) is 0 Å². The Balaban J connectivity index is 0.950. The van der Waals surface area contributed by atoms with Crippen molar-refractivity contribution in [1.82, 2.24) is 0 Å². The van der Waals surface area contributed by atoms with E-state index in [1.54, 1.807) is 23.9 Å². The standard InChI is InChI=1S/C85H56B2F3N5S/c88-85(89,90)67-43-21-26-48-74(67)95-77-56-81-71(87-68-44-22-27-49-75(68)93(62-39-17-6-18-40-62)80-53-64(54-82(96-81)84(80)87)91(59-33-11-3-12-34-59)60-35-13-4-14-36-60)55-70(77)86-69-45-23-28-50-76(69)94(73-47-25-20-42-66(73)58-31-9-2-10-32-58)78-51-63(52-79(95)83(78)86)92(61-37-15-5-16-38-61)72-46-24-19-41-65(72)57-29-7-1-8-30-57/h1-56H. The zero-order valence-electron chi connectivity index (χ0n) is 51.8. The summed E-state index contributed by atoms with van der Waals surface area (Å²) in [5, 5.41) is 0. The number of para-hydroxylation sites is 9. The molecule has 0 fully saturated rings. The molecule has 0 bridgehead atoms. The van der Waals surface area contributed by atoms with Crippen molar-refractivity contribution in [2.45, 2.75) is 16.0 Å².